The first kappa shape index (κ1) is 19.0. The van der Waals surface area contributed by atoms with E-state index in [-0.39, 0.29) is 23.7 Å². The highest BCUT2D eigenvalue weighted by molar-refractivity contribution is 7.13. The second kappa shape index (κ2) is 7.36. The lowest BCUT2D eigenvalue weighted by Crippen LogP contribution is -2.37. The molecule has 5 rings (SSSR count). The lowest BCUT2D eigenvalue weighted by Gasteiger charge is -2.31. The van der Waals surface area contributed by atoms with Crippen LogP contribution < -0.4 is 5.32 Å². The Morgan fingerprint density at radius 1 is 1.33 bits per heavy atom. The number of carbonyl (C=O) groups is 2. The van der Waals surface area contributed by atoms with E-state index in [0.717, 1.165) is 34.4 Å². The molecule has 1 fully saturated rings. The quantitative estimate of drug-likeness (QED) is 0.669. The van der Waals surface area contributed by atoms with Gasteiger partial charge in [0.05, 0.1) is 11.2 Å². The van der Waals surface area contributed by atoms with E-state index in [0.29, 0.717) is 23.8 Å². The molecule has 154 valence electrons. The minimum Gasteiger partial charge on any atom is -0.346 e. The number of pyridine rings is 1. The number of aryl methyl sites for hydroxylation is 1. The van der Waals surface area contributed by atoms with Gasteiger partial charge in [-0.25, -0.2) is 9.97 Å². The van der Waals surface area contributed by atoms with Crippen LogP contribution in [-0.2, 0) is 4.79 Å². The standard InChI is InChI=1S/C22H23N5O2S/c1-12-11-27(22(29)18-10-24-13(2)30-18)8-6-15(12)17-9-19(26-21(28)14-3-4-14)25-20-16(17)5-7-23-20/h5-7,9-10,12,14H,3-4,8,11H2,1-2H3,(H2,23,25,26,28). The van der Waals surface area contributed by atoms with E-state index >= 15 is 0 Å². The summed E-state index contributed by atoms with van der Waals surface area (Å²) in [6.45, 7) is 5.22. The van der Waals surface area contributed by atoms with Gasteiger partial charge in [-0.1, -0.05) is 13.0 Å². The second-order valence-electron chi connectivity index (χ2n) is 8.07. The molecule has 0 saturated heterocycles. The Labute approximate surface area is 178 Å². The normalized spacial score (nSPS) is 19.1. The molecule has 3 aromatic heterocycles. The number of aromatic nitrogens is 3. The van der Waals surface area contributed by atoms with Crippen LogP contribution in [0.25, 0.3) is 16.6 Å². The van der Waals surface area contributed by atoms with Crippen molar-refractivity contribution in [2.24, 2.45) is 11.8 Å². The van der Waals surface area contributed by atoms with Gasteiger partial charge in [0.2, 0.25) is 5.91 Å². The smallest absolute Gasteiger partial charge is 0.265 e. The maximum atomic E-state index is 12.8. The molecule has 30 heavy (non-hydrogen) atoms. The van der Waals surface area contributed by atoms with Crippen molar-refractivity contribution in [2.45, 2.75) is 26.7 Å². The van der Waals surface area contributed by atoms with Gasteiger partial charge in [0, 0.05) is 30.6 Å². The van der Waals surface area contributed by atoms with Crippen molar-refractivity contribution < 1.29 is 9.59 Å². The fraction of sp³-hybridized carbons (Fsp3) is 0.364. The zero-order chi connectivity index (χ0) is 20.8. The van der Waals surface area contributed by atoms with E-state index in [2.05, 4.69) is 33.3 Å². The molecule has 0 spiro atoms. The van der Waals surface area contributed by atoms with Gasteiger partial charge in [-0.2, -0.15) is 0 Å². The molecule has 1 saturated carbocycles. The summed E-state index contributed by atoms with van der Waals surface area (Å²) in [6.07, 6.45) is 7.55. The van der Waals surface area contributed by atoms with Crippen molar-refractivity contribution in [1.82, 2.24) is 19.9 Å². The van der Waals surface area contributed by atoms with E-state index < -0.39 is 0 Å². The van der Waals surface area contributed by atoms with Crippen LogP contribution >= 0.6 is 11.3 Å². The first-order valence-electron chi connectivity index (χ1n) is 10.2. The minimum absolute atomic E-state index is 0.0293. The number of hydrogen-bond acceptors (Lipinski definition) is 5. The molecular weight excluding hydrogens is 398 g/mol. The molecule has 0 aromatic carbocycles. The monoisotopic (exact) mass is 421 g/mol. The number of aromatic amines is 1. The zero-order valence-corrected chi connectivity index (χ0v) is 17.8. The van der Waals surface area contributed by atoms with Gasteiger partial charge < -0.3 is 15.2 Å². The molecule has 1 unspecified atom stereocenters. The van der Waals surface area contributed by atoms with Gasteiger partial charge in [-0.05, 0) is 49.0 Å². The third-order valence-corrected chi connectivity index (χ3v) is 6.62. The highest BCUT2D eigenvalue weighted by Crippen LogP contribution is 2.35. The van der Waals surface area contributed by atoms with Gasteiger partial charge in [-0.15, -0.1) is 11.3 Å². The van der Waals surface area contributed by atoms with Crippen LogP contribution in [0.1, 0.15) is 40.0 Å². The number of nitrogens with one attached hydrogen (secondary N) is 2. The second-order valence-corrected chi connectivity index (χ2v) is 9.31. The maximum absolute atomic E-state index is 12.8. The summed E-state index contributed by atoms with van der Waals surface area (Å²) in [5, 5.41) is 4.88. The Balaban J connectivity index is 1.44. The fourth-order valence-electron chi connectivity index (χ4n) is 3.98. The van der Waals surface area contributed by atoms with Crippen LogP contribution in [0.5, 0.6) is 0 Å². The van der Waals surface area contributed by atoms with Crippen LogP contribution in [0.4, 0.5) is 5.82 Å². The third-order valence-electron chi connectivity index (χ3n) is 5.72. The van der Waals surface area contributed by atoms with Crippen LogP contribution in [0.3, 0.4) is 0 Å². The number of hydrogen-bond donors (Lipinski definition) is 2. The molecule has 7 nitrogen and oxygen atoms in total. The molecule has 2 amide bonds. The molecule has 1 atom stereocenters. The van der Waals surface area contributed by atoms with Crippen LogP contribution in [0, 0.1) is 18.8 Å². The third kappa shape index (κ3) is 3.52. The van der Waals surface area contributed by atoms with Crippen molar-refractivity contribution in [1.29, 1.82) is 0 Å². The van der Waals surface area contributed by atoms with Crippen molar-refractivity contribution in [3.05, 3.63) is 46.1 Å². The Kier molecular flexibility index (Phi) is 4.66. The molecule has 3 aromatic rings. The fourth-order valence-corrected chi connectivity index (χ4v) is 4.73. The predicted octanol–water partition coefficient (Wildman–Crippen LogP) is 3.85. The molecule has 0 bridgehead atoms. The summed E-state index contributed by atoms with van der Waals surface area (Å²) in [5.74, 6) is 0.924. The lowest BCUT2D eigenvalue weighted by molar-refractivity contribution is -0.117. The topological polar surface area (TPSA) is 91.0 Å². The number of thiazole rings is 1. The SMILES string of the molecule is Cc1ncc(C(=O)N2CC=C(c3cc(NC(=O)C4CC4)nc4[nH]ccc34)C(C)C2)s1. The number of anilines is 1. The van der Waals surface area contributed by atoms with Crippen molar-refractivity contribution in [2.75, 3.05) is 18.4 Å². The van der Waals surface area contributed by atoms with Crippen molar-refractivity contribution in [3.63, 3.8) is 0 Å². The molecule has 4 heterocycles. The maximum Gasteiger partial charge on any atom is 0.265 e. The highest BCUT2D eigenvalue weighted by atomic mass is 32.1. The zero-order valence-electron chi connectivity index (χ0n) is 16.9. The Morgan fingerprint density at radius 2 is 2.17 bits per heavy atom. The molecule has 0 radical (unpaired) electrons. The summed E-state index contributed by atoms with van der Waals surface area (Å²) in [6, 6.07) is 3.97. The van der Waals surface area contributed by atoms with Crippen LogP contribution in [-0.4, -0.2) is 44.8 Å². The average Bonchev–Trinajstić information content (AvgIpc) is 3.33. The molecule has 1 aliphatic heterocycles. The summed E-state index contributed by atoms with van der Waals surface area (Å²) in [5.41, 5.74) is 2.99. The Bertz CT molecular complexity index is 1170. The average molecular weight is 422 g/mol. The van der Waals surface area contributed by atoms with E-state index in [9.17, 15) is 9.59 Å². The van der Waals surface area contributed by atoms with Crippen LogP contribution in [0.2, 0.25) is 0 Å². The van der Waals surface area contributed by atoms with Gasteiger partial charge in [0.1, 0.15) is 16.3 Å². The molecule has 8 heteroatoms. The summed E-state index contributed by atoms with van der Waals surface area (Å²) >= 11 is 1.43. The Morgan fingerprint density at radius 3 is 2.87 bits per heavy atom. The minimum atomic E-state index is 0.0293. The number of carbonyl (C=O) groups excluding carboxylic acids is 2. The summed E-state index contributed by atoms with van der Waals surface area (Å²) in [4.78, 5) is 39.5. The van der Waals surface area contributed by atoms with E-state index in [1.54, 1.807) is 6.20 Å². The van der Waals surface area contributed by atoms with E-state index in [1.807, 2.05) is 30.2 Å². The van der Waals surface area contributed by atoms with Crippen LogP contribution in [0.15, 0.2) is 30.6 Å². The summed E-state index contributed by atoms with van der Waals surface area (Å²) in [7, 11) is 0. The largest absolute Gasteiger partial charge is 0.346 e. The molecule has 2 aliphatic rings. The molecule has 2 N–H and O–H groups in total. The number of fused-ring (bicyclic) bond motifs is 1. The van der Waals surface area contributed by atoms with Gasteiger partial charge in [-0.3, -0.25) is 9.59 Å². The summed E-state index contributed by atoms with van der Waals surface area (Å²) < 4.78 is 0. The van der Waals surface area contributed by atoms with Crippen molar-refractivity contribution >= 4 is 45.6 Å². The number of amides is 2. The molecule has 1 aliphatic carbocycles. The lowest BCUT2D eigenvalue weighted by atomic mass is 9.89. The highest BCUT2D eigenvalue weighted by Gasteiger charge is 2.30. The number of H-pyrrole nitrogens is 1. The molecular formula is C22H23N5O2S. The first-order valence-corrected chi connectivity index (χ1v) is 11.0. The first-order chi connectivity index (χ1) is 14.5. The predicted molar refractivity (Wildman–Crippen MR) is 117 cm³/mol. The Hall–Kier alpha value is -3.00. The van der Waals surface area contributed by atoms with Crippen molar-refractivity contribution in [3.8, 4) is 0 Å². The number of nitrogens with zero attached hydrogens (tertiary/aromatic N) is 3. The van der Waals surface area contributed by atoms with E-state index in [4.69, 9.17) is 0 Å². The van der Waals surface area contributed by atoms with Gasteiger partial charge in [0.15, 0.2) is 0 Å². The van der Waals surface area contributed by atoms with E-state index in [1.165, 1.54) is 16.9 Å². The van der Waals surface area contributed by atoms with Gasteiger partial charge >= 0.3 is 0 Å². The van der Waals surface area contributed by atoms with Gasteiger partial charge in [0.25, 0.3) is 5.91 Å². The number of rotatable bonds is 4.